The third-order valence-electron chi connectivity index (χ3n) is 2.09. The van der Waals surface area contributed by atoms with Crippen LogP contribution in [-0.2, 0) is 6.42 Å². The molecule has 15 heavy (non-hydrogen) atoms. The summed E-state index contributed by atoms with van der Waals surface area (Å²) in [4.78, 5) is 5.86. The van der Waals surface area contributed by atoms with Gasteiger partial charge < -0.3 is 5.73 Å². The zero-order valence-corrected chi connectivity index (χ0v) is 9.14. The number of anilines is 1. The van der Waals surface area contributed by atoms with Gasteiger partial charge in [0.15, 0.2) is 0 Å². The molecule has 2 N–H and O–H groups in total. The molecule has 0 spiro atoms. The quantitative estimate of drug-likeness (QED) is 0.848. The van der Waals surface area contributed by atoms with Crippen LogP contribution in [0.2, 0.25) is 0 Å². The minimum atomic E-state index is -0.140. The molecule has 78 valence electrons. The Morgan fingerprint density at radius 2 is 2.27 bits per heavy atom. The number of hydrogen-bond acceptors (Lipinski definition) is 3. The van der Waals surface area contributed by atoms with Gasteiger partial charge in [-0.1, -0.05) is 6.07 Å². The molecule has 0 saturated heterocycles. The van der Waals surface area contributed by atoms with Crippen LogP contribution < -0.4 is 5.73 Å². The minimum absolute atomic E-state index is 0.140. The van der Waals surface area contributed by atoms with Gasteiger partial charge >= 0.3 is 0 Å². The molecule has 0 fully saturated rings. The van der Waals surface area contributed by atoms with Crippen LogP contribution in [0.25, 0.3) is 0 Å². The van der Waals surface area contributed by atoms with Crippen LogP contribution in [-0.4, -0.2) is 4.98 Å². The van der Waals surface area contributed by atoms with Crippen LogP contribution in [0.1, 0.15) is 15.4 Å². The highest BCUT2D eigenvalue weighted by atomic mass is 32.1. The first-order valence-electron chi connectivity index (χ1n) is 4.61. The summed E-state index contributed by atoms with van der Waals surface area (Å²) >= 11 is 1.46. The number of aryl methyl sites for hydroxylation is 1. The molecule has 0 amide bonds. The van der Waals surface area contributed by atoms with Gasteiger partial charge in [-0.25, -0.2) is 9.37 Å². The maximum atomic E-state index is 13.1. The number of thiophene rings is 1. The number of nitrogens with zero attached hydrogens (tertiary/aromatic N) is 1. The molecule has 0 aromatic carbocycles. The normalized spacial score (nSPS) is 10.5. The maximum absolute atomic E-state index is 13.1. The number of halogens is 1. The van der Waals surface area contributed by atoms with E-state index in [1.165, 1.54) is 11.3 Å². The predicted octanol–water partition coefficient (Wildman–Crippen LogP) is 2.76. The van der Waals surface area contributed by atoms with E-state index >= 15 is 0 Å². The molecule has 0 unspecified atom stereocenters. The predicted molar refractivity (Wildman–Crippen MR) is 60.5 cm³/mol. The van der Waals surface area contributed by atoms with E-state index in [0.29, 0.717) is 17.1 Å². The van der Waals surface area contributed by atoms with Gasteiger partial charge in [-0.3, -0.25) is 0 Å². The Labute approximate surface area is 91.6 Å². The number of nitrogen functional groups attached to an aromatic ring is 1. The molecule has 0 atom stereocenters. The lowest BCUT2D eigenvalue weighted by Gasteiger charge is -1.98. The van der Waals surface area contributed by atoms with Crippen LogP contribution in [0.4, 0.5) is 10.2 Å². The molecule has 0 aliphatic heterocycles. The van der Waals surface area contributed by atoms with Gasteiger partial charge in [0.1, 0.15) is 11.6 Å². The SMILES string of the molecule is Cc1sc(Cc2cccc(N)n2)cc1F. The highest BCUT2D eigenvalue weighted by Gasteiger charge is 2.06. The van der Waals surface area contributed by atoms with E-state index in [9.17, 15) is 4.39 Å². The van der Waals surface area contributed by atoms with Crippen molar-refractivity contribution in [2.24, 2.45) is 0 Å². The molecule has 2 rings (SSSR count). The van der Waals surface area contributed by atoms with Crippen molar-refractivity contribution in [3.8, 4) is 0 Å². The topological polar surface area (TPSA) is 38.9 Å². The van der Waals surface area contributed by atoms with Crippen molar-refractivity contribution >= 4 is 17.2 Å². The second-order valence-corrected chi connectivity index (χ2v) is 4.69. The second kappa shape index (κ2) is 3.98. The van der Waals surface area contributed by atoms with Crippen molar-refractivity contribution in [2.45, 2.75) is 13.3 Å². The zero-order valence-electron chi connectivity index (χ0n) is 8.33. The van der Waals surface area contributed by atoms with E-state index in [2.05, 4.69) is 4.98 Å². The van der Waals surface area contributed by atoms with Crippen molar-refractivity contribution in [1.29, 1.82) is 0 Å². The van der Waals surface area contributed by atoms with E-state index in [4.69, 9.17) is 5.73 Å². The molecule has 0 saturated carbocycles. The van der Waals surface area contributed by atoms with Crippen molar-refractivity contribution in [3.63, 3.8) is 0 Å². The van der Waals surface area contributed by atoms with Gasteiger partial charge in [0, 0.05) is 21.9 Å². The molecule has 0 bridgehead atoms. The van der Waals surface area contributed by atoms with Crippen molar-refractivity contribution in [3.05, 3.63) is 45.5 Å². The summed E-state index contributed by atoms with van der Waals surface area (Å²) in [6, 6.07) is 7.05. The van der Waals surface area contributed by atoms with Gasteiger partial charge in [-0.15, -0.1) is 11.3 Å². The van der Waals surface area contributed by atoms with E-state index in [0.717, 1.165) is 10.6 Å². The van der Waals surface area contributed by atoms with Crippen molar-refractivity contribution < 1.29 is 4.39 Å². The molecule has 0 aliphatic rings. The average Bonchev–Trinajstić information content (AvgIpc) is 2.45. The fraction of sp³-hybridized carbons (Fsp3) is 0.182. The summed E-state index contributed by atoms with van der Waals surface area (Å²) in [6.45, 7) is 1.77. The minimum Gasteiger partial charge on any atom is -0.384 e. The van der Waals surface area contributed by atoms with E-state index in [1.807, 2.05) is 12.1 Å². The fourth-order valence-electron chi connectivity index (χ4n) is 1.38. The van der Waals surface area contributed by atoms with Crippen LogP contribution in [0.5, 0.6) is 0 Å². The molecular formula is C11H11FN2S. The third kappa shape index (κ3) is 2.33. The van der Waals surface area contributed by atoms with Gasteiger partial charge in [-0.05, 0) is 25.1 Å². The second-order valence-electron chi connectivity index (χ2n) is 3.35. The standard InChI is InChI=1S/C11H11FN2S/c1-7-10(12)6-9(15-7)5-8-3-2-4-11(13)14-8/h2-4,6H,5H2,1H3,(H2,13,14). The lowest BCUT2D eigenvalue weighted by Crippen LogP contribution is -1.94. The highest BCUT2D eigenvalue weighted by Crippen LogP contribution is 2.22. The molecule has 0 aliphatic carbocycles. The molecule has 2 aromatic rings. The first kappa shape index (κ1) is 10.1. The number of nitrogens with two attached hydrogens (primary N) is 1. The van der Waals surface area contributed by atoms with Crippen molar-refractivity contribution in [1.82, 2.24) is 4.98 Å². The van der Waals surface area contributed by atoms with Gasteiger partial charge in [-0.2, -0.15) is 0 Å². The smallest absolute Gasteiger partial charge is 0.137 e. The number of rotatable bonds is 2. The largest absolute Gasteiger partial charge is 0.384 e. The Balaban J connectivity index is 2.22. The van der Waals surface area contributed by atoms with Gasteiger partial charge in [0.25, 0.3) is 0 Å². The van der Waals surface area contributed by atoms with Gasteiger partial charge in [0.05, 0.1) is 0 Å². The first-order chi connectivity index (χ1) is 7.15. The van der Waals surface area contributed by atoms with E-state index in [-0.39, 0.29) is 5.82 Å². The summed E-state index contributed by atoms with van der Waals surface area (Å²) in [5.41, 5.74) is 6.44. The monoisotopic (exact) mass is 222 g/mol. The lowest BCUT2D eigenvalue weighted by atomic mass is 10.2. The lowest BCUT2D eigenvalue weighted by molar-refractivity contribution is 0.625. The van der Waals surface area contributed by atoms with Crippen LogP contribution in [0.15, 0.2) is 24.3 Å². The number of aromatic nitrogens is 1. The fourth-order valence-corrected chi connectivity index (χ4v) is 2.31. The molecular weight excluding hydrogens is 211 g/mol. The average molecular weight is 222 g/mol. The van der Waals surface area contributed by atoms with Crippen LogP contribution in [0, 0.1) is 12.7 Å². The molecule has 2 heterocycles. The summed E-state index contributed by atoms with van der Waals surface area (Å²) in [6.07, 6.45) is 0.639. The Kier molecular flexibility index (Phi) is 2.68. The van der Waals surface area contributed by atoms with Crippen LogP contribution >= 0.6 is 11.3 Å². The Hall–Kier alpha value is -1.42. The molecule has 2 aromatic heterocycles. The van der Waals surface area contributed by atoms with Gasteiger partial charge in [0.2, 0.25) is 0 Å². The summed E-state index contributed by atoms with van der Waals surface area (Å²) in [5, 5.41) is 0. The molecule has 4 heteroatoms. The summed E-state index contributed by atoms with van der Waals surface area (Å²) in [7, 11) is 0. The first-order valence-corrected chi connectivity index (χ1v) is 5.43. The summed E-state index contributed by atoms with van der Waals surface area (Å²) < 4.78 is 13.1. The summed E-state index contributed by atoms with van der Waals surface area (Å²) in [5.74, 6) is 0.361. The molecule has 0 radical (unpaired) electrons. The van der Waals surface area contributed by atoms with Crippen molar-refractivity contribution in [2.75, 3.05) is 5.73 Å². The zero-order chi connectivity index (χ0) is 10.8. The van der Waals surface area contributed by atoms with Crippen LogP contribution in [0.3, 0.4) is 0 Å². The van der Waals surface area contributed by atoms with E-state index in [1.54, 1.807) is 19.1 Å². The number of pyridine rings is 1. The Morgan fingerprint density at radius 3 is 2.87 bits per heavy atom. The third-order valence-corrected chi connectivity index (χ3v) is 3.12. The van der Waals surface area contributed by atoms with E-state index < -0.39 is 0 Å². The molecule has 2 nitrogen and oxygen atoms in total. The highest BCUT2D eigenvalue weighted by molar-refractivity contribution is 7.11. The Morgan fingerprint density at radius 1 is 1.47 bits per heavy atom. The Bertz CT molecular complexity index is 460. The number of hydrogen-bond donors (Lipinski definition) is 1. The maximum Gasteiger partial charge on any atom is 0.137 e.